The average Bonchev–Trinajstić information content (AvgIpc) is 2.88. The monoisotopic (exact) mass is 318 g/mol. The summed E-state index contributed by atoms with van der Waals surface area (Å²) in [4.78, 5) is 19.3. The molecule has 0 bridgehead atoms. The summed E-state index contributed by atoms with van der Waals surface area (Å²) in [5.74, 6) is 0.643. The molecule has 3 rings (SSSR count). The van der Waals surface area contributed by atoms with Crippen LogP contribution in [0.4, 0.5) is 5.13 Å². The largest absolute Gasteiger partial charge is 0.298 e. The fourth-order valence-corrected chi connectivity index (χ4v) is 4.15. The number of aryl methyl sites for hydroxylation is 1. The van der Waals surface area contributed by atoms with Gasteiger partial charge in [-0.1, -0.05) is 13.0 Å². The lowest BCUT2D eigenvalue weighted by atomic mass is 9.93. The van der Waals surface area contributed by atoms with Crippen molar-refractivity contribution in [1.29, 1.82) is 0 Å². The maximum atomic E-state index is 12.3. The Balaban J connectivity index is 1.75. The first-order valence-corrected chi connectivity index (χ1v) is 9.14. The summed E-state index contributed by atoms with van der Waals surface area (Å²) in [5, 5.41) is 3.67. The molecule has 0 saturated carbocycles. The predicted molar refractivity (Wildman–Crippen MR) is 89.5 cm³/mol. The molecule has 0 fully saturated rings. The fraction of sp³-hybridized carbons (Fsp3) is 0.375. The molecule has 1 N–H and O–H groups in total. The summed E-state index contributed by atoms with van der Waals surface area (Å²) < 4.78 is 0. The topological polar surface area (TPSA) is 42.0 Å². The fourth-order valence-electron chi connectivity index (χ4n) is 2.53. The van der Waals surface area contributed by atoms with E-state index in [1.165, 1.54) is 17.0 Å². The van der Waals surface area contributed by atoms with Crippen molar-refractivity contribution in [1.82, 2.24) is 4.98 Å². The second-order valence-corrected chi connectivity index (χ2v) is 7.39. The molecule has 1 aromatic carbocycles. The van der Waals surface area contributed by atoms with Gasteiger partial charge in [-0.2, -0.15) is 0 Å². The Morgan fingerprint density at radius 1 is 1.48 bits per heavy atom. The third kappa shape index (κ3) is 3.30. The first kappa shape index (κ1) is 14.6. The number of nitrogens with zero attached hydrogens (tertiary/aromatic N) is 1. The minimum atomic E-state index is -0.0787. The number of anilines is 1. The van der Waals surface area contributed by atoms with Crippen LogP contribution in [-0.2, 0) is 12.8 Å². The van der Waals surface area contributed by atoms with Crippen molar-refractivity contribution in [3.8, 4) is 0 Å². The summed E-state index contributed by atoms with van der Waals surface area (Å²) in [7, 11) is 0. The van der Waals surface area contributed by atoms with E-state index in [2.05, 4.69) is 17.2 Å². The molecule has 21 heavy (non-hydrogen) atoms. The van der Waals surface area contributed by atoms with Crippen molar-refractivity contribution >= 4 is 34.1 Å². The van der Waals surface area contributed by atoms with Crippen LogP contribution in [0.1, 0.15) is 34.3 Å². The van der Waals surface area contributed by atoms with Gasteiger partial charge in [-0.05, 0) is 49.6 Å². The number of thiazole rings is 1. The van der Waals surface area contributed by atoms with E-state index in [1.54, 1.807) is 23.1 Å². The molecule has 1 amide bonds. The Bertz CT molecular complexity index is 666. The Labute approximate surface area is 133 Å². The van der Waals surface area contributed by atoms with Gasteiger partial charge in [0.15, 0.2) is 5.13 Å². The van der Waals surface area contributed by atoms with Crippen LogP contribution in [0.3, 0.4) is 0 Å². The number of fused-ring (bicyclic) bond motifs is 1. The lowest BCUT2D eigenvalue weighted by Crippen LogP contribution is -2.12. The number of nitrogens with one attached hydrogen (secondary N) is 1. The molecular formula is C16H18N2OS2. The van der Waals surface area contributed by atoms with E-state index in [9.17, 15) is 4.79 Å². The van der Waals surface area contributed by atoms with Gasteiger partial charge in [0.1, 0.15) is 0 Å². The second kappa shape index (κ2) is 6.20. The Morgan fingerprint density at radius 3 is 3.14 bits per heavy atom. The molecular weight excluding hydrogens is 300 g/mol. The lowest BCUT2D eigenvalue weighted by Gasteiger charge is -2.15. The van der Waals surface area contributed by atoms with Crippen LogP contribution in [0.5, 0.6) is 0 Å². The Morgan fingerprint density at radius 2 is 2.33 bits per heavy atom. The van der Waals surface area contributed by atoms with E-state index >= 15 is 0 Å². The van der Waals surface area contributed by atoms with Crippen molar-refractivity contribution in [3.63, 3.8) is 0 Å². The van der Waals surface area contributed by atoms with Gasteiger partial charge in [0.05, 0.1) is 5.69 Å². The number of amides is 1. The first-order valence-electron chi connectivity index (χ1n) is 7.09. The number of rotatable bonds is 3. The molecule has 0 radical (unpaired) electrons. The number of thioether (sulfide) groups is 1. The van der Waals surface area contributed by atoms with Crippen molar-refractivity contribution in [2.75, 3.05) is 11.6 Å². The summed E-state index contributed by atoms with van der Waals surface area (Å²) in [6.45, 7) is 2.27. The predicted octanol–water partition coefficient (Wildman–Crippen LogP) is 4.24. The van der Waals surface area contributed by atoms with Gasteiger partial charge in [0, 0.05) is 15.3 Å². The number of hydrogen-bond donors (Lipinski definition) is 1. The summed E-state index contributed by atoms with van der Waals surface area (Å²) in [6, 6.07) is 7.67. The number of carbonyl (C=O) groups is 1. The minimum absolute atomic E-state index is 0.0787. The normalized spacial score (nSPS) is 17.3. The number of carbonyl (C=O) groups excluding carboxylic acids is 1. The molecule has 0 spiro atoms. The molecule has 0 unspecified atom stereocenters. The minimum Gasteiger partial charge on any atom is -0.298 e. The number of aromatic nitrogens is 1. The SMILES string of the molecule is CSc1cccc(C(=O)Nc2nc3c(s2)C[C@H](C)CC3)c1. The molecule has 2 aromatic rings. The summed E-state index contributed by atoms with van der Waals surface area (Å²) in [5.41, 5.74) is 1.86. The smallest absolute Gasteiger partial charge is 0.257 e. The molecule has 1 heterocycles. The van der Waals surface area contributed by atoms with Gasteiger partial charge in [-0.15, -0.1) is 23.1 Å². The highest BCUT2D eigenvalue weighted by Crippen LogP contribution is 2.32. The van der Waals surface area contributed by atoms with Crippen LogP contribution in [0.25, 0.3) is 0 Å². The van der Waals surface area contributed by atoms with E-state index in [0.29, 0.717) is 5.56 Å². The van der Waals surface area contributed by atoms with Gasteiger partial charge in [0.2, 0.25) is 0 Å². The number of benzene rings is 1. The van der Waals surface area contributed by atoms with Gasteiger partial charge < -0.3 is 0 Å². The van der Waals surface area contributed by atoms with Crippen molar-refractivity contribution in [3.05, 3.63) is 40.4 Å². The third-order valence-electron chi connectivity index (χ3n) is 3.74. The summed E-state index contributed by atoms with van der Waals surface area (Å²) >= 11 is 3.26. The van der Waals surface area contributed by atoms with Crippen LogP contribution in [0.15, 0.2) is 29.2 Å². The number of hydrogen-bond acceptors (Lipinski definition) is 4. The Kier molecular flexibility index (Phi) is 4.31. The van der Waals surface area contributed by atoms with E-state index in [-0.39, 0.29) is 5.91 Å². The van der Waals surface area contributed by atoms with Crippen LogP contribution in [0.2, 0.25) is 0 Å². The maximum absolute atomic E-state index is 12.3. The van der Waals surface area contributed by atoms with E-state index in [4.69, 9.17) is 0 Å². The summed E-state index contributed by atoms with van der Waals surface area (Å²) in [6.07, 6.45) is 5.32. The van der Waals surface area contributed by atoms with Crippen LogP contribution in [0, 0.1) is 5.92 Å². The molecule has 0 aliphatic heterocycles. The molecule has 1 atom stereocenters. The average molecular weight is 318 g/mol. The Hall–Kier alpha value is -1.33. The molecule has 3 nitrogen and oxygen atoms in total. The third-order valence-corrected chi connectivity index (χ3v) is 5.50. The zero-order valence-corrected chi connectivity index (χ0v) is 13.8. The van der Waals surface area contributed by atoms with E-state index in [0.717, 1.165) is 28.8 Å². The van der Waals surface area contributed by atoms with Crippen LogP contribution in [-0.4, -0.2) is 17.1 Å². The molecule has 1 aliphatic rings. The van der Waals surface area contributed by atoms with Crippen LogP contribution < -0.4 is 5.32 Å². The van der Waals surface area contributed by atoms with Gasteiger partial charge in [-0.3, -0.25) is 10.1 Å². The molecule has 5 heteroatoms. The van der Waals surface area contributed by atoms with Gasteiger partial charge >= 0.3 is 0 Å². The standard InChI is InChI=1S/C16H18N2OS2/c1-10-6-7-13-14(8-10)21-16(17-13)18-15(19)11-4-3-5-12(9-11)20-2/h3-5,9-10H,6-8H2,1-2H3,(H,17,18,19)/t10-/m1/s1. The van der Waals surface area contributed by atoms with E-state index < -0.39 is 0 Å². The van der Waals surface area contributed by atoms with Crippen molar-refractivity contribution in [2.24, 2.45) is 5.92 Å². The first-order chi connectivity index (χ1) is 10.2. The molecule has 110 valence electrons. The van der Waals surface area contributed by atoms with Crippen molar-refractivity contribution < 1.29 is 4.79 Å². The maximum Gasteiger partial charge on any atom is 0.257 e. The highest BCUT2D eigenvalue weighted by atomic mass is 32.2. The van der Waals surface area contributed by atoms with Crippen LogP contribution >= 0.6 is 23.1 Å². The molecule has 1 aromatic heterocycles. The van der Waals surface area contributed by atoms with Gasteiger partial charge in [-0.25, -0.2) is 4.98 Å². The zero-order valence-electron chi connectivity index (χ0n) is 12.2. The van der Waals surface area contributed by atoms with E-state index in [1.807, 2.05) is 30.5 Å². The zero-order chi connectivity index (χ0) is 14.8. The second-order valence-electron chi connectivity index (χ2n) is 5.42. The molecule has 0 saturated heterocycles. The highest BCUT2D eigenvalue weighted by Gasteiger charge is 2.20. The highest BCUT2D eigenvalue weighted by molar-refractivity contribution is 7.98. The van der Waals surface area contributed by atoms with Gasteiger partial charge in [0.25, 0.3) is 5.91 Å². The molecule has 1 aliphatic carbocycles. The van der Waals surface area contributed by atoms with Crippen molar-refractivity contribution in [2.45, 2.75) is 31.1 Å². The quantitative estimate of drug-likeness (QED) is 0.861. The lowest BCUT2D eigenvalue weighted by molar-refractivity contribution is 0.102.